The summed E-state index contributed by atoms with van der Waals surface area (Å²) in [5.41, 5.74) is 7.66. The van der Waals surface area contributed by atoms with Crippen LogP contribution in [0.4, 0.5) is 0 Å². The van der Waals surface area contributed by atoms with E-state index >= 15 is 0 Å². The van der Waals surface area contributed by atoms with Crippen molar-refractivity contribution >= 4 is 12.6 Å². The van der Waals surface area contributed by atoms with Crippen molar-refractivity contribution in [3.63, 3.8) is 0 Å². The molecule has 1 heterocycles. The fourth-order valence-electron chi connectivity index (χ4n) is 0.874. The lowest BCUT2D eigenvalue weighted by atomic mass is 10.2. The quantitative estimate of drug-likeness (QED) is 0.519. The van der Waals surface area contributed by atoms with E-state index in [1.54, 1.807) is 6.20 Å². The lowest BCUT2D eigenvalue weighted by molar-refractivity contribution is 0.980. The Kier molecular flexibility index (Phi) is 2.91. The second-order valence-corrected chi connectivity index (χ2v) is 2.94. The van der Waals surface area contributed by atoms with E-state index in [9.17, 15) is 0 Å². The molecule has 2 nitrogen and oxygen atoms in total. The highest BCUT2D eigenvalue weighted by molar-refractivity contribution is 7.80. The minimum Gasteiger partial charge on any atom is -0.316 e. The summed E-state index contributed by atoms with van der Waals surface area (Å²) in [6.45, 7) is 2.07. The summed E-state index contributed by atoms with van der Waals surface area (Å²) in [5, 5.41) is -0.191. The molecule has 0 fully saturated rings. The molecule has 1 rings (SSSR count). The van der Waals surface area contributed by atoms with Crippen molar-refractivity contribution in [2.24, 2.45) is 5.73 Å². The average molecular weight is 168 g/mol. The third-order valence-corrected chi connectivity index (χ3v) is 1.84. The molecule has 0 radical (unpaired) electrons. The van der Waals surface area contributed by atoms with E-state index in [4.69, 9.17) is 5.73 Å². The Morgan fingerprint density at radius 1 is 1.73 bits per heavy atom. The van der Waals surface area contributed by atoms with Gasteiger partial charge in [-0.3, -0.25) is 4.98 Å². The Balaban J connectivity index is 2.91. The summed E-state index contributed by atoms with van der Waals surface area (Å²) in [7, 11) is 0. The summed E-state index contributed by atoms with van der Waals surface area (Å²) in [4.78, 5) is 4.15. The maximum absolute atomic E-state index is 5.57. The second kappa shape index (κ2) is 3.74. The number of thiol groups is 1. The maximum atomic E-state index is 5.57. The molecule has 0 aromatic carbocycles. The molecule has 0 amide bonds. The van der Waals surface area contributed by atoms with Gasteiger partial charge >= 0.3 is 0 Å². The summed E-state index contributed by atoms with van der Waals surface area (Å²) >= 11 is 4.12. The molecule has 0 aliphatic heterocycles. The fraction of sp³-hybridized carbons (Fsp3) is 0.375. The molecule has 0 aliphatic rings. The van der Waals surface area contributed by atoms with Gasteiger partial charge in [0, 0.05) is 11.9 Å². The van der Waals surface area contributed by atoms with Gasteiger partial charge in [0.25, 0.3) is 0 Å². The molecule has 0 saturated carbocycles. The zero-order valence-electron chi connectivity index (χ0n) is 6.49. The van der Waals surface area contributed by atoms with Crippen LogP contribution in [0.5, 0.6) is 0 Å². The minimum atomic E-state index is -0.191. The first-order chi connectivity index (χ1) is 5.24. The van der Waals surface area contributed by atoms with E-state index in [1.807, 2.05) is 12.1 Å². The summed E-state index contributed by atoms with van der Waals surface area (Å²) < 4.78 is 0. The molecule has 1 aromatic rings. The van der Waals surface area contributed by atoms with Crippen LogP contribution in [0.3, 0.4) is 0 Å². The van der Waals surface area contributed by atoms with Gasteiger partial charge < -0.3 is 5.73 Å². The van der Waals surface area contributed by atoms with Crippen LogP contribution in [-0.2, 0) is 6.42 Å². The highest BCUT2D eigenvalue weighted by Crippen LogP contribution is 2.13. The largest absolute Gasteiger partial charge is 0.316 e. The van der Waals surface area contributed by atoms with Gasteiger partial charge in [-0.05, 0) is 24.1 Å². The first-order valence-corrected chi connectivity index (χ1v) is 4.14. The Bertz CT molecular complexity index is 235. The van der Waals surface area contributed by atoms with Gasteiger partial charge in [-0.15, -0.1) is 0 Å². The molecule has 1 atom stereocenters. The standard InChI is InChI=1S/C8H12N2S/c1-2-7-5-6(8(9)11)3-4-10-7/h3-5,8,11H,2,9H2,1H3. The fourth-order valence-corrected chi connectivity index (χ4v) is 1.03. The Morgan fingerprint density at radius 2 is 2.45 bits per heavy atom. The van der Waals surface area contributed by atoms with Gasteiger partial charge in [-0.2, -0.15) is 12.6 Å². The molecule has 0 aliphatic carbocycles. The Hall–Kier alpha value is -0.540. The molecule has 0 bridgehead atoms. The Morgan fingerprint density at radius 3 is 3.00 bits per heavy atom. The van der Waals surface area contributed by atoms with Crippen molar-refractivity contribution in [3.8, 4) is 0 Å². The normalized spacial score (nSPS) is 13.0. The zero-order chi connectivity index (χ0) is 8.27. The molecule has 11 heavy (non-hydrogen) atoms. The van der Waals surface area contributed by atoms with Crippen molar-refractivity contribution in [2.75, 3.05) is 0 Å². The monoisotopic (exact) mass is 168 g/mol. The van der Waals surface area contributed by atoms with E-state index in [1.165, 1.54) is 0 Å². The van der Waals surface area contributed by atoms with Crippen LogP contribution in [0.2, 0.25) is 0 Å². The number of rotatable bonds is 2. The van der Waals surface area contributed by atoms with Gasteiger partial charge in [-0.1, -0.05) is 6.92 Å². The summed E-state index contributed by atoms with van der Waals surface area (Å²) in [6.07, 6.45) is 2.71. The van der Waals surface area contributed by atoms with Crippen LogP contribution in [0.1, 0.15) is 23.6 Å². The van der Waals surface area contributed by atoms with Crippen LogP contribution in [-0.4, -0.2) is 4.98 Å². The molecule has 0 saturated heterocycles. The molecular formula is C8H12N2S. The number of nitrogens with two attached hydrogens (primary N) is 1. The van der Waals surface area contributed by atoms with Crippen molar-refractivity contribution in [3.05, 3.63) is 29.6 Å². The minimum absolute atomic E-state index is 0.191. The van der Waals surface area contributed by atoms with Crippen molar-refractivity contribution in [1.29, 1.82) is 0 Å². The van der Waals surface area contributed by atoms with E-state index in [2.05, 4.69) is 24.5 Å². The number of aryl methyl sites for hydroxylation is 1. The number of nitrogens with zero attached hydrogens (tertiary/aromatic N) is 1. The molecule has 1 unspecified atom stereocenters. The highest BCUT2D eigenvalue weighted by atomic mass is 32.1. The lowest BCUT2D eigenvalue weighted by Crippen LogP contribution is -2.03. The summed E-state index contributed by atoms with van der Waals surface area (Å²) in [5.74, 6) is 0. The third-order valence-electron chi connectivity index (χ3n) is 1.54. The molecule has 60 valence electrons. The predicted molar refractivity (Wildman–Crippen MR) is 49.5 cm³/mol. The average Bonchev–Trinajstić information content (AvgIpc) is 2.05. The van der Waals surface area contributed by atoms with E-state index < -0.39 is 0 Å². The van der Waals surface area contributed by atoms with Crippen LogP contribution >= 0.6 is 12.6 Å². The Labute approximate surface area is 72.2 Å². The van der Waals surface area contributed by atoms with Crippen molar-refractivity contribution < 1.29 is 0 Å². The van der Waals surface area contributed by atoms with E-state index in [0.717, 1.165) is 17.7 Å². The predicted octanol–water partition coefficient (Wildman–Crippen LogP) is 1.53. The van der Waals surface area contributed by atoms with Gasteiger partial charge in [0.05, 0.1) is 5.37 Å². The lowest BCUT2D eigenvalue weighted by Gasteiger charge is -2.04. The van der Waals surface area contributed by atoms with Crippen LogP contribution in [0.15, 0.2) is 18.3 Å². The van der Waals surface area contributed by atoms with Gasteiger partial charge in [0.2, 0.25) is 0 Å². The number of hydrogen-bond donors (Lipinski definition) is 2. The zero-order valence-corrected chi connectivity index (χ0v) is 7.38. The van der Waals surface area contributed by atoms with E-state index in [0.29, 0.717) is 0 Å². The first kappa shape index (κ1) is 8.56. The van der Waals surface area contributed by atoms with Crippen LogP contribution in [0, 0.1) is 0 Å². The summed E-state index contributed by atoms with van der Waals surface area (Å²) in [6, 6.07) is 3.87. The second-order valence-electron chi connectivity index (χ2n) is 2.38. The third kappa shape index (κ3) is 2.20. The molecule has 1 aromatic heterocycles. The van der Waals surface area contributed by atoms with Gasteiger partial charge in [-0.25, -0.2) is 0 Å². The van der Waals surface area contributed by atoms with Gasteiger partial charge in [0.15, 0.2) is 0 Å². The highest BCUT2D eigenvalue weighted by Gasteiger charge is 1.99. The molecule has 3 heteroatoms. The first-order valence-electron chi connectivity index (χ1n) is 3.62. The van der Waals surface area contributed by atoms with Crippen molar-refractivity contribution in [2.45, 2.75) is 18.7 Å². The maximum Gasteiger partial charge on any atom is 0.0735 e. The molecule has 0 spiro atoms. The van der Waals surface area contributed by atoms with Crippen LogP contribution in [0.25, 0.3) is 0 Å². The topological polar surface area (TPSA) is 38.9 Å². The molecular weight excluding hydrogens is 156 g/mol. The number of aromatic nitrogens is 1. The molecule has 2 N–H and O–H groups in total. The smallest absolute Gasteiger partial charge is 0.0735 e. The van der Waals surface area contributed by atoms with E-state index in [-0.39, 0.29) is 5.37 Å². The SMILES string of the molecule is CCc1cc(C(N)S)ccn1. The van der Waals surface area contributed by atoms with Gasteiger partial charge in [0.1, 0.15) is 0 Å². The number of hydrogen-bond acceptors (Lipinski definition) is 3. The van der Waals surface area contributed by atoms with Crippen molar-refractivity contribution in [1.82, 2.24) is 4.98 Å². The number of pyridine rings is 1. The van der Waals surface area contributed by atoms with Crippen LogP contribution < -0.4 is 5.73 Å².